The predicted molar refractivity (Wildman–Crippen MR) is 110 cm³/mol. The van der Waals surface area contributed by atoms with E-state index in [1.807, 2.05) is 18.2 Å². The quantitative estimate of drug-likeness (QED) is 0.574. The molecule has 1 fully saturated rings. The van der Waals surface area contributed by atoms with Crippen LogP contribution < -0.4 is 0 Å². The second kappa shape index (κ2) is 8.90. The number of benzene rings is 1. The summed E-state index contributed by atoms with van der Waals surface area (Å²) < 4.78 is 33.7. The third-order valence-electron chi connectivity index (χ3n) is 5.07. The minimum absolute atomic E-state index is 0.0596. The topological polar surface area (TPSA) is 53.8 Å². The van der Waals surface area contributed by atoms with Crippen molar-refractivity contribution in [2.45, 2.75) is 50.8 Å². The van der Waals surface area contributed by atoms with Crippen LogP contribution in [0.1, 0.15) is 50.5 Å². The minimum atomic E-state index is -3.50. The normalized spacial score (nSPS) is 16.9. The number of hydrogen-bond acceptors (Lipinski definition) is 4. The summed E-state index contributed by atoms with van der Waals surface area (Å²) in [6, 6.07) is 11.8. The van der Waals surface area contributed by atoms with Crippen LogP contribution in [-0.2, 0) is 16.6 Å². The van der Waals surface area contributed by atoms with Gasteiger partial charge in [-0.25, -0.2) is 8.42 Å². The smallest absolute Gasteiger partial charge is 0.276 e. The molecule has 0 saturated carbocycles. The van der Waals surface area contributed by atoms with Gasteiger partial charge in [0, 0.05) is 23.6 Å². The van der Waals surface area contributed by atoms with Gasteiger partial charge >= 0.3 is 0 Å². The fourth-order valence-corrected chi connectivity index (χ4v) is 5.61. The molecule has 1 aliphatic heterocycles. The van der Waals surface area contributed by atoms with Gasteiger partial charge in [-0.2, -0.15) is 4.31 Å². The molecule has 0 radical (unpaired) electrons. The Hall–Kier alpha value is -1.15. The second-order valence-electron chi connectivity index (χ2n) is 7.00. The molecular formula is C20H27BrN2O3S. The molecule has 0 spiro atoms. The Bertz CT molecular complexity index is 860. The van der Waals surface area contributed by atoms with Crippen LogP contribution >= 0.6 is 15.9 Å². The molecule has 27 heavy (non-hydrogen) atoms. The summed E-state index contributed by atoms with van der Waals surface area (Å²) >= 11 is 3.63. The van der Waals surface area contributed by atoms with Crippen LogP contribution in [0, 0.1) is 0 Å². The van der Waals surface area contributed by atoms with Crippen LogP contribution in [0.5, 0.6) is 0 Å². The highest BCUT2D eigenvalue weighted by molar-refractivity contribution is 9.10. The van der Waals surface area contributed by atoms with Gasteiger partial charge in [0.2, 0.25) is 5.09 Å². The van der Waals surface area contributed by atoms with Crippen molar-refractivity contribution in [1.29, 1.82) is 0 Å². The van der Waals surface area contributed by atoms with Gasteiger partial charge < -0.3 is 4.42 Å². The molecule has 0 N–H and O–H groups in total. The SMILES string of the molecule is CCCN(Cc1ccc(S(=O)(=O)N2CCCC2)o1)C(C)c1ccccc1Br. The van der Waals surface area contributed by atoms with Crippen molar-refractivity contribution in [3.63, 3.8) is 0 Å². The van der Waals surface area contributed by atoms with Crippen LogP contribution in [0.3, 0.4) is 0 Å². The van der Waals surface area contributed by atoms with Gasteiger partial charge in [-0.05, 0) is 56.5 Å². The van der Waals surface area contributed by atoms with E-state index in [0.29, 0.717) is 25.4 Å². The summed E-state index contributed by atoms with van der Waals surface area (Å²) in [6.07, 6.45) is 2.84. The third kappa shape index (κ3) is 4.65. The van der Waals surface area contributed by atoms with Crippen LogP contribution in [0.2, 0.25) is 0 Å². The first-order valence-corrected chi connectivity index (χ1v) is 11.7. The zero-order valence-electron chi connectivity index (χ0n) is 15.9. The van der Waals surface area contributed by atoms with E-state index in [0.717, 1.165) is 30.3 Å². The second-order valence-corrected chi connectivity index (χ2v) is 9.72. The Kier molecular flexibility index (Phi) is 6.78. The highest BCUT2D eigenvalue weighted by Crippen LogP contribution is 2.30. The van der Waals surface area contributed by atoms with Crippen LogP contribution in [0.15, 0.2) is 50.4 Å². The molecule has 1 aliphatic rings. The zero-order chi connectivity index (χ0) is 19.4. The van der Waals surface area contributed by atoms with Crippen molar-refractivity contribution in [2.24, 2.45) is 0 Å². The van der Waals surface area contributed by atoms with Crippen molar-refractivity contribution in [1.82, 2.24) is 9.21 Å². The molecule has 3 rings (SSSR count). The maximum Gasteiger partial charge on any atom is 0.276 e. The summed E-state index contributed by atoms with van der Waals surface area (Å²) in [5, 5.41) is 0.0596. The maximum absolute atomic E-state index is 12.7. The summed E-state index contributed by atoms with van der Waals surface area (Å²) in [5.41, 5.74) is 1.21. The van der Waals surface area contributed by atoms with Crippen LogP contribution in [0.4, 0.5) is 0 Å². The number of hydrogen-bond donors (Lipinski definition) is 0. The third-order valence-corrected chi connectivity index (χ3v) is 7.56. The number of halogens is 1. The van der Waals surface area contributed by atoms with Crippen molar-refractivity contribution < 1.29 is 12.8 Å². The van der Waals surface area contributed by atoms with E-state index in [4.69, 9.17) is 4.42 Å². The van der Waals surface area contributed by atoms with E-state index < -0.39 is 10.0 Å². The van der Waals surface area contributed by atoms with Crippen molar-refractivity contribution in [3.05, 3.63) is 52.2 Å². The van der Waals surface area contributed by atoms with E-state index in [2.05, 4.69) is 40.7 Å². The monoisotopic (exact) mass is 454 g/mol. The fourth-order valence-electron chi connectivity index (χ4n) is 3.55. The molecule has 2 aromatic rings. The highest BCUT2D eigenvalue weighted by atomic mass is 79.9. The zero-order valence-corrected chi connectivity index (χ0v) is 18.3. The Morgan fingerprint density at radius 3 is 2.56 bits per heavy atom. The first-order valence-electron chi connectivity index (χ1n) is 9.51. The molecule has 0 bridgehead atoms. The number of rotatable bonds is 8. The first kappa shape index (κ1) is 20.6. The lowest BCUT2D eigenvalue weighted by atomic mass is 10.1. The Morgan fingerprint density at radius 2 is 1.89 bits per heavy atom. The molecule has 0 aliphatic carbocycles. The molecule has 1 aromatic heterocycles. The number of nitrogens with zero attached hydrogens (tertiary/aromatic N) is 2. The summed E-state index contributed by atoms with van der Waals surface area (Å²) in [6.45, 7) is 6.95. The van der Waals surface area contributed by atoms with Crippen LogP contribution in [0.25, 0.3) is 0 Å². The molecule has 7 heteroatoms. The maximum atomic E-state index is 12.7. The van der Waals surface area contributed by atoms with E-state index in [9.17, 15) is 8.42 Å². The largest absolute Gasteiger partial charge is 0.447 e. The Labute approximate surface area is 170 Å². The Balaban J connectivity index is 1.78. The molecular weight excluding hydrogens is 428 g/mol. The lowest BCUT2D eigenvalue weighted by Crippen LogP contribution is -2.28. The lowest BCUT2D eigenvalue weighted by molar-refractivity contribution is 0.181. The predicted octanol–water partition coefficient (Wildman–Crippen LogP) is 4.80. The van der Waals surface area contributed by atoms with Crippen molar-refractivity contribution >= 4 is 26.0 Å². The standard InChI is InChI=1S/C20H27BrN2O3S/c1-3-12-22(16(2)18-8-4-5-9-19(18)21)15-17-10-11-20(26-17)27(24,25)23-13-6-7-14-23/h4-5,8-11,16H,3,6-7,12-15H2,1-2H3. The molecule has 2 heterocycles. The van der Waals surface area contributed by atoms with E-state index >= 15 is 0 Å². The van der Waals surface area contributed by atoms with Gasteiger partial charge in [0.05, 0.1) is 6.54 Å². The van der Waals surface area contributed by atoms with Gasteiger partial charge in [0.25, 0.3) is 10.0 Å². The first-order chi connectivity index (χ1) is 12.9. The van der Waals surface area contributed by atoms with E-state index in [1.54, 1.807) is 12.1 Å². The lowest BCUT2D eigenvalue weighted by Gasteiger charge is -2.29. The molecule has 1 atom stereocenters. The Morgan fingerprint density at radius 1 is 1.19 bits per heavy atom. The molecule has 5 nitrogen and oxygen atoms in total. The average molecular weight is 455 g/mol. The van der Waals surface area contributed by atoms with Crippen molar-refractivity contribution in [2.75, 3.05) is 19.6 Å². The molecule has 0 amide bonds. The number of furan rings is 1. The van der Waals surface area contributed by atoms with Gasteiger partial charge in [0.1, 0.15) is 5.76 Å². The summed E-state index contributed by atoms with van der Waals surface area (Å²) in [7, 11) is -3.50. The van der Waals surface area contributed by atoms with E-state index in [1.165, 1.54) is 9.87 Å². The molecule has 1 unspecified atom stereocenters. The molecule has 1 aromatic carbocycles. The van der Waals surface area contributed by atoms with Gasteiger partial charge in [0.15, 0.2) is 0 Å². The highest BCUT2D eigenvalue weighted by Gasteiger charge is 2.30. The van der Waals surface area contributed by atoms with E-state index in [-0.39, 0.29) is 11.1 Å². The average Bonchev–Trinajstić information content (AvgIpc) is 3.34. The molecule has 1 saturated heterocycles. The van der Waals surface area contributed by atoms with Gasteiger partial charge in [-0.3, -0.25) is 4.90 Å². The minimum Gasteiger partial charge on any atom is -0.447 e. The van der Waals surface area contributed by atoms with Gasteiger partial charge in [-0.15, -0.1) is 0 Å². The molecule has 148 valence electrons. The summed E-state index contributed by atoms with van der Waals surface area (Å²) in [4.78, 5) is 2.31. The fraction of sp³-hybridized carbons (Fsp3) is 0.500. The van der Waals surface area contributed by atoms with Gasteiger partial charge in [-0.1, -0.05) is 41.1 Å². The summed E-state index contributed by atoms with van der Waals surface area (Å²) in [5.74, 6) is 0.681. The van der Waals surface area contributed by atoms with Crippen molar-refractivity contribution in [3.8, 4) is 0 Å². The number of sulfonamides is 1. The van der Waals surface area contributed by atoms with Crippen LogP contribution in [-0.4, -0.2) is 37.3 Å².